The average Bonchev–Trinajstić information content (AvgIpc) is 3.28. The molecule has 0 heterocycles. The van der Waals surface area contributed by atoms with Crippen molar-refractivity contribution >= 4 is 44.2 Å². The molecule has 0 aromatic heterocycles. The molecule has 0 aliphatic heterocycles. The largest absolute Gasteiger partial charge is 0.165 e. The third-order valence-electron chi connectivity index (χ3n) is 5.48. The summed E-state index contributed by atoms with van der Waals surface area (Å²) in [6.45, 7) is 17.6. The third-order valence-corrected chi connectivity index (χ3v) is 32.9. The summed E-state index contributed by atoms with van der Waals surface area (Å²) in [5.74, 6) is 1.23. The van der Waals surface area contributed by atoms with Crippen LogP contribution in [0.5, 0.6) is 0 Å². The van der Waals surface area contributed by atoms with Gasteiger partial charge in [-0.2, -0.15) is 12.1 Å². The van der Waals surface area contributed by atoms with E-state index < -0.39 is 17.7 Å². The van der Waals surface area contributed by atoms with Gasteiger partial charge in [-0.15, -0.1) is 69.1 Å². The van der Waals surface area contributed by atoms with Crippen LogP contribution in [0.1, 0.15) is 61.8 Å². The van der Waals surface area contributed by atoms with E-state index in [1.54, 1.807) is 0 Å². The summed E-state index contributed by atoms with van der Waals surface area (Å²) in [4.78, 5) is 0. The summed E-state index contributed by atoms with van der Waals surface area (Å²) in [6.07, 6.45) is 0. The van der Waals surface area contributed by atoms with Crippen LogP contribution in [0.2, 0.25) is 13.1 Å². The molecule has 0 saturated heterocycles. The van der Waals surface area contributed by atoms with E-state index in [2.05, 4.69) is 115 Å². The van der Waals surface area contributed by atoms with Crippen LogP contribution >= 0.6 is 17.2 Å². The van der Waals surface area contributed by atoms with Crippen LogP contribution in [-0.2, 0) is 17.7 Å². The second-order valence-corrected chi connectivity index (χ2v) is 41.0. The smallest absolute Gasteiger partial charge is 0.0308 e. The minimum atomic E-state index is -1.78. The molecule has 0 radical (unpaired) electrons. The number of hydrogen-bond acceptors (Lipinski definition) is 0. The molecule has 172 valence electrons. The van der Waals surface area contributed by atoms with Gasteiger partial charge in [-0.1, -0.05) is 64.8 Å². The second kappa shape index (κ2) is 12.7. The van der Waals surface area contributed by atoms with Gasteiger partial charge in [0, 0.05) is 0 Å². The number of rotatable bonds is 2. The van der Waals surface area contributed by atoms with Gasteiger partial charge in [-0.3, -0.25) is 0 Å². The molecule has 0 N–H and O–H groups in total. The van der Waals surface area contributed by atoms with Gasteiger partial charge in [0.15, 0.2) is 0 Å². The Morgan fingerprint density at radius 1 is 0.719 bits per heavy atom. The Bertz CT molecular complexity index is 1090. The van der Waals surface area contributed by atoms with Crippen molar-refractivity contribution < 1.29 is 17.7 Å². The molecule has 0 aliphatic carbocycles. The van der Waals surface area contributed by atoms with E-state index in [0.29, 0.717) is 11.8 Å². The molecule has 4 aromatic rings. The molecular weight excluding hydrogens is 614 g/mol. The van der Waals surface area contributed by atoms with Crippen molar-refractivity contribution in [2.45, 2.75) is 66.5 Å². The van der Waals surface area contributed by atoms with Gasteiger partial charge in [0.2, 0.25) is 0 Å². The second-order valence-electron chi connectivity index (χ2n) is 9.34. The number of aryl methyl sites for hydroxylation is 2. The molecule has 0 bridgehead atoms. The van der Waals surface area contributed by atoms with Gasteiger partial charge in [0.1, 0.15) is 0 Å². The molecule has 0 amide bonds. The fraction of sp³-hybridized carbons (Fsp3) is 0.357. The van der Waals surface area contributed by atoms with E-state index in [9.17, 15) is 0 Å². The van der Waals surface area contributed by atoms with Gasteiger partial charge in [0.05, 0.1) is 0 Å². The van der Waals surface area contributed by atoms with Crippen molar-refractivity contribution in [3.63, 3.8) is 0 Å². The predicted octanol–water partition coefficient (Wildman–Crippen LogP) is 10.1. The first-order valence-corrected chi connectivity index (χ1v) is 28.1. The Balaban J connectivity index is 0.000000183. The summed E-state index contributed by atoms with van der Waals surface area (Å²) in [5.41, 5.74) is 5.45. The summed E-state index contributed by atoms with van der Waals surface area (Å²) < 4.78 is 0. The summed E-state index contributed by atoms with van der Waals surface area (Å²) in [7, 11) is 11.3. The molecule has 0 atom stereocenters. The maximum Gasteiger partial charge on any atom is -0.0308 e. The minimum Gasteiger partial charge on any atom is -0.165 e. The van der Waals surface area contributed by atoms with Crippen LogP contribution in [-0.4, -0.2) is 5.49 Å². The molecule has 0 saturated carbocycles. The van der Waals surface area contributed by atoms with E-state index in [-0.39, 0.29) is 5.49 Å². The first-order valence-electron chi connectivity index (χ1n) is 11.3. The van der Waals surface area contributed by atoms with Gasteiger partial charge in [-0.05, 0) is 11.8 Å². The van der Waals surface area contributed by atoms with Gasteiger partial charge < -0.3 is 0 Å². The molecule has 4 aromatic carbocycles. The Labute approximate surface area is 209 Å². The van der Waals surface area contributed by atoms with Gasteiger partial charge in [-0.25, -0.2) is 0 Å². The average molecular weight is 650 g/mol. The number of halogens is 2. The normalized spacial score (nSPS) is 10.8. The molecule has 32 heavy (non-hydrogen) atoms. The quantitative estimate of drug-likeness (QED) is 0.150. The van der Waals surface area contributed by atoms with Crippen LogP contribution in [0, 0.1) is 13.8 Å². The molecule has 4 heteroatoms. The Hall–Kier alpha value is -0.673. The van der Waals surface area contributed by atoms with E-state index in [1.165, 1.54) is 43.8 Å². The zero-order valence-electron chi connectivity index (χ0n) is 20.7. The van der Waals surface area contributed by atoms with Crippen molar-refractivity contribution in [1.82, 2.24) is 0 Å². The Kier molecular flexibility index (Phi) is 10.9. The summed E-state index contributed by atoms with van der Waals surface area (Å²) in [6, 6.07) is 22.2. The maximum absolute atomic E-state index is 5.64. The fourth-order valence-electron chi connectivity index (χ4n) is 3.82. The number of hydrogen-bond donors (Lipinski definition) is 0. The Morgan fingerprint density at radius 3 is 1.34 bits per heavy atom. The monoisotopic (exact) mass is 650 g/mol. The van der Waals surface area contributed by atoms with Crippen molar-refractivity contribution in [2.24, 2.45) is 0 Å². The first kappa shape index (κ1) is 27.6. The van der Waals surface area contributed by atoms with E-state index >= 15 is 0 Å². The minimum absolute atomic E-state index is 0.208. The number of fused-ring (bicyclic) bond motifs is 2. The summed E-state index contributed by atoms with van der Waals surface area (Å²) in [5, 5.41) is 5.61. The molecule has 0 spiro atoms. The zero-order chi connectivity index (χ0) is 24.0. The SMILES string of the molecule is C[Si](C)=[Hf]([Cl])[Cl].Cc1cc2c(C(C)C)cccc2[cH-]1.Cc1cc2c(C(C)C)cccc2[cH-]1. The van der Waals surface area contributed by atoms with Crippen molar-refractivity contribution in [1.29, 1.82) is 0 Å². The van der Waals surface area contributed by atoms with Crippen molar-refractivity contribution in [3.8, 4) is 0 Å². The Morgan fingerprint density at radius 2 is 1.06 bits per heavy atom. The van der Waals surface area contributed by atoms with Gasteiger partial charge in [0.25, 0.3) is 0 Å². The van der Waals surface area contributed by atoms with Crippen molar-refractivity contribution in [3.05, 3.63) is 82.9 Å². The predicted molar refractivity (Wildman–Crippen MR) is 146 cm³/mol. The topological polar surface area (TPSA) is 0 Å². The molecule has 0 fully saturated rings. The van der Waals surface area contributed by atoms with Crippen LogP contribution < -0.4 is 0 Å². The fourth-order valence-corrected chi connectivity index (χ4v) is 3.82. The standard InChI is InChI=1S/2C13H15.C2H6Si.2ClH.Hf/c2*1-9(2)12-6-4-5-11-7-10(3)8-13(11)12;1-3-2;;;/h2*4-9H,1-3H3;1-2H3;2*1H;/q2*-1;;;;+2/p-2. The van der Waals surface area contributed by atoms with E-state index in [4.69, 9.17) is 17.2 Å². The van der Waals surface area contributed by atoms with E-state index in [1.807, 2.05) is 0 Å². The first-order chi connectivity index (χ1) is 15.0. The molecule has 4 rings (SSSR count). The third kappa shape index (κ3) is 7.69. The van der Waals surface area contributed by atoms with Crippen LogP contribution in [0.4, 0.5) is 0 Å². The van der Waals surface area contributed by atoms with Crippen LogP contribution in [0.15, 0.2) is 60.7 Å². The van der Waals surface area contributed by atoms with Crippen LogP contribution in [0.25, 0.3) is 21.5 Å². The molecule has 0 nitrogen and oxygen atoms in total. The molecule has 0 aliphatic rings. The zero-order valence-corrected chi connectivity index (χ0v) is 26.8. The van der Waals surface area contributed by atoms with Crippen molar-refractivity contribution in [2.75, 3.05) is 0 Å². The van der Waals surface area contributed by atoms with Crippen LogP contribution in [0.3, 0.4) is 0 Å². The number of benzene rings is 2. The summed E-state index contributed by atoms with van der Waals surface area (Å²) >= 11 is -1.78. The molecule has 0 unspecified atom stereocenters. The maximum atomic E-state index is 5.64. The van der Waals surface area contributed by atoms with Gasteiger partial charge >= 0.3 is 53.4 Å². The van der Waals surface area contributed by atoms with E-state index in [0.717, 1.165) is 0 Å². The molecular formula is C28H36Cl2HfSi-2.